The second-order valence-electron chi connectivity index (χ2n) is 6.09. The Morgan fingerprint density at radius 3 is 2.55 bits per heavy atom. The average Bonchev–Trinajstić information content (AvgIpc) is 2.39. The molecular formula is C17H20N2O. The van der Waals surface area contributed by atoms with Gasteiger partial charge in [0.05, 0.1) is 12.1 Å². The Hall–Kier alpha value is -2.03. The van der Waals surface area contributed by atoms with Gasteiger partial charge in [-0.25, -0.2) is 0 Å². The lowest BCUT2D eigenvalue weighted by Gasteiger charge is -2.20. The van der Waals surface area contributed by atoms with Crippen LogP contribution in [0.15, 0.2) is 36.5 Å². The van der Waals surface area contributed by atoms with Crippen LogP contribution in [0.25, 0.3) is 0 Å². The molecule has 0 fully saturated rings. The lowest BCUT2D eigenvalue weighted by Crippen LogP contribution is -2.14. The van der Waals surface area contributed by atoms with Gasteiger partial charge in [0, 0.05) is 11.8 Å². The predicted molar refractivity (Wildman–Crippen MR) is 79.9 cm³/mol. The molecule has 0 radical (unpaired) electrons. The summed E-state index contributed by atoms with van der Waals surface area (Å²) in [6, 6.07) is 9.74. The predicted octanol–water partition coefficient (Wildman–Crippen LogP) is 3.51. The molecule has 3 nitrogen and oxygen atoms in total. The van der Waals surface area contributed by atoms with E-state index in [2.05, 4.69) is 37.0 Å². The van der Waals surface area contributed by atoms with Gasteiger partial charge >= 0.3 is 0 Å². The van der Waals surface area contributed by atoms with Crippen molar-refractivity contribution in [3.05, 3.63) is 58.9 Å². The van der Waals surface area contributed by atoms with Crippen molar-refractivity contribution < 1.29 is 4.79 Å². The number of nitrogens with zero attached hydrogens (tertiary/aromatic N) is 2. The average molecular weight is 268 g/mol. The Kier molecular flexibility index (Phi) is 3.98. The maximum atomic E-state index is 12.4. The summed E-state index contributed by atoms with van der Waals surface area (Å²) in [7, 11) is 0. The number of rotatable bonds is 3. The summed E-state index contributed by atoms with van der Waals surface area (Å²) in [5.41, 5.74) is 3.70. The molecule has 0 aliphatic rings. The van der Waals surface area contributed by atoms with Gasteiger partial charge in [0.1, 0.15) is 0 Å². The Morgan fingerprint density at radius 2 is 1.95 bits per heavy atom. The van der Waals surface area contributed by atoms with Gasteiger partial charge < -0.3 is 0 Å². The summed E-state index contributed by atoms with van der Waals surface area (Å²) in [6.45, 7) is 8.41. The van der Waals surface area contributed by atoms with E-state index in [-0.39, 0.29) is 11.2 Å². The molecule has 0 unspecified atom stereocenters. The zero-order valence-corrected chi connectivity index (χ0v) is 12.5. The molecule has 0 spiro atoms. The highest BCUT2D eigenvalue weighted by Crippen LogP contribution is 2.25. The van der Waals surface area contributed by atoms with E-state index in [9.17, 15) is 4.79 Å². The normalized spacial score (nSPS) is 11.4. The molecule has 104 valence electrons. The van der Waals surface area contributed by atoms with E-state index in [0.29, 0.717) is 12.1 Å². The van der Waals surface area contributed by atoms with E-state index in [1.807, 2.05) is 25.1 Å². The number of ketones is 1. The van der Waals surface area contributed by atoms with Crippen molar-refractivity contribution in [2.75, 3.05) is 0 Å². The number of aromatic nitrogens is 2. The maximum absolute atomic E-state index is 12.4. The third-order valence-electron chi connectivity index (χ3n) is 3.37. The third-order valence-corrected chi connectivity index (χ3v) is 3.37. The van der Waals surface area contributed by atoms with Crippen molar-refractivity contribution in [1.29, 1.82) is 0 Å². The van der Waals surface area contributed by atoms with Gasteiger partial charge in [0.25, 0.3) is 0 Å². The van der Waals surface area contributed by atoms with Crippen molar-refractivity contribution in [3.63, 3.8) is 0 Å². The summed E-state index contributed by atoms with van der Waals surface area (Å²) in [4.78, 5) is 12.4. The van der Waals surface area contributed by atoms with E-state index in [1.54, 1.807) is 12.3 Å². The number of benzene rings is 1. The molecule has 0 saturated carbocycles. The molecule has 1 aromatic carbocycles. The van der Waals surface area contributed by atoms with Crippen LogP contribution in [0.4, 0.5) is 0 Å². The zero-order valence-electron chi connectivity index (χ0n) is 12.5. The highest BCUT2D eigenvalue weighted by atomic mass is 16.1. The zero-order chi connectivity index (χ0) is 14.8. The van der Waals surface area contributed by atoms with Crippen molar-refractivity contribution in [2.24, 2.45) is 0 Å². The number of hydrogen-bond donors (Lipinski definition) is 0. The van der Waals surface area contributed by atoms with Crippen LogP contribution in [0, 0.1) is 6.92 Å². The van der Waals surface area contributed by atoms with E-state index in [4.69, 9.17) is 0 Å². The molecule has 2 aromatic rings. The molecule has 0 saturated heterocycles. The van der Waals surface area contributed by atoms with E-state index >= 15 is 0 Å². The molecule has 0 bridgehead atoms. The smallest absolute Gasteiger partial charge is 0.169 e. The summed E-state index contributed by atoms with van der Waals surface area (Å²) in [5.74, 6) is 0.0918. The monoisotopic (exact) mass is 268 g/mol. The third kappa shape index (κ3) is 3.29. The SMILES string of the molecule is Cc1ccc(C(C)(C)C)cc1C(=O)Cc1cccnn1. The van der Waals surface area contributed by atoms with Crippen LogP contribution in [0.3, 0.4) is 0 Å². The number of carbonyl (C=O) groups excluding carboxylic acids is 1. The minimum absolute atomic E-state index is 0.0370. The second-order valence-corrected chi connectivity index (χ2v) is 6.09. The second kappa shape index (κ2) is 5.53. The number of hydrogen-bond acceptors (Lipinski definition) is 3. The van der Waals surface area contributed by atoms with Gasteiger partial charge in [-0.05, 0) is 41.7 Å². The molecule has 3 heteroatoms. The molecule has 0 N–H and O–H groups in total. The quantitative estimate of drug-likeness (QED) is 0.800. The fraction of sp³-hybridized carbons (Fsp3) is 0.353. The highest BCUT2D eigenvalue weighted by molar-refractivity contribution is 5.98. The lowest BCUT2D eigenvalue weighted by atomic mass is 9.84. The molecule has 20 heavy (non-hydrogen) atoms. The minimum Gasteiger partial charge on any atom is -0.294 e. The molecule has 0 atom stereocenters. The number of aryl methyl sites for hydroxylation is 1. The minimum atomic E-state index is 0.0370. The number of Topliss-reactive ketones (excluding diaryl/α,β-unsaturated/α-hetero) is 1. The summed E-state index contributed by atoms with van der Waals surface area (Å²) in [6.07, 6.45) is 1.90. The maximum Gasteiger partial charge on any atom is 0.169 e. The van der Waals surface area contributed by atoms with Crippen LogP contribution in [0.2, 0.25) is 0 Å². The first-order chi connectivity index (χ1) is 9.38. The van der Waals surface area contributed by atoms with Crippen LogP contribution in [0.1, 0.15) is 48.0 Å². The van der Waals surface area contributed by atoms with Gasteiger partial charge in [0.2, 0.25) is 0 Å². The summed E-state index contributed by atoms with van der Waals surface area (Å²) < 4.78 is 0. The summed E-state index contributed by atoms with van der Waals surface area (Å²) >= 11 is 0. The summed E-state index contributed by atoms with van der Waals surface area (Å²) in [5, 5.41) is 7.78. The fourth-order valence-electron chi connectivity index (χ4n) is 2.08. The first kappa shape index (κ1) is 14.4. The topological polar surface area (TPSA) is 42.9 Å². The lowest BCUT2D eigenvalue weighted by molar-refractivity contribution is 0.0991. The van der Waals surface area contributed by atoms with Crippen LogP contribution < -0.4 is 0 Å². The molecule has 1 heterocycles. The molecular weight excluding hydrogens is 248 g/mol. The Balaban J connectivity index is 2.30. The van der Waals surface area contributed by atoms with Crippen molar-refractivity contribution in [1.82, 2.24) is 10.2 Å². The van der Waals surface area contributed by atoms with Gasteiger partial charge in [-0.15, -0.1) is 0 Å². The van der Waals surface area contributed by atoms with Gasteiger partial charge in [-0.1, -0.05) is 32.9 Å². The van der Waals surface area contributed by atoms with Crippen LogP contribution in [-0.4, -0.2) is 16.0 Å². The Labute approximate surface area is 120 Å². The van der Waals surface area contributed by atoms with E-state index in [0.717, 1.165) is 11.1 Å². The highest BCUT2D eigenvalue weighted by Gasteiger charge is 2.17. The van der Waals surface area contributed by atoms with E-state index in [1.165, 1.54) is 5.56 Å². The van der Waals surface area contributed by atoms with Gasteiger partial charge in [-0.2, -0.15) is 10.2 Å². The van der Waals surface area contributed by atoms with Gasteiger partial charge in [-0.3, -0.25) is 4.79 Å². The van der Waals surface area contributed by atoms with E-state index < -0.39 is 0 Å². The van der Waals surface area contributed by atoms with Crippen LogP contribution in [-0.2, 0) is 11.8 Å². The fourth-order valence-corrected chi connectivity index (χ4v) is 2.08. The Bertz CT molecular complexity index is 613. The largest absolute Gasteiger partial charge is 0.294 e. The van der Waals surface area contributed by atoms with Crippen LogP contribution in [0.5, 0.6) is 0 Å². The van der Waals surface area contributed by atoms with Crippen LogP contribution >= 0.6 is 0 Å². The van der Waals surface area contributed by atoms with Gasteiger partial charge in [0.15, 0.2) is 5.78 Å². The Morgan fingerprint density at radius 1 is 1.20 bits per heavy atom. The first-order valence-corrected chi connectivity index (χ1v) is 6.79. The molecule has 0 amide bonds. The van der Waals surface area contributed by atoms with Crippen molar-refractivity contribution in [3.8, 4) is 0 Å². The molecule has 0 aliphatic carbocycles. The molecule has 2 rings (SSSR count). The number of carbonyl (C=O) groups is 1. The first-order valence-electron chi connectivity index (χ1n) is 6.79. The van der Waals surface area contributed by atoms with Crippen molar-refractivity contribution in [2.45, 2.75) is 39.5 Å². The van der Waals surface area contributed by atoms with Crippen molar-refractivity contribution >= 4 is 5.78 Å². The molecule has 1 aromatic heterocycles. The standard InChI is InChI=1S/C17H20N2O/c1-12-7-8-13(17(2,3)4)10-15(12)16(20)11-14-6-5-9-18-19-14/h5-10H,11H2,1-4H3. The molecule has 0 aliphatic heterocycles.